The fourth-order valence-corrected chi connectivity index (χ4v) is 3.30. The molecule has 0 saturated carbocycles. The first-order valence-corrected chi connectivity index (χ1v) is 8.42. The molecule has 0 aliphatic carbocycles. The zero-order chi connectivity index (χ0) is 15.2. The third-order valence-corrected chi connectivity index (χ3v) is 4.67. The standard InChI is InChI=1S/C16H23N3OS/c1-3-5-10-19(11-6-4-2)16(20)14-13(17)12-8-7-9-18-15(12)21-14/h7-9H,3-6,10-11,17H2,1-2H3. The van der Waals surface area contributed by atoms with Crippen LogP contribution in [0, 0.1) is 0 Å². The molecule has 0 aromatic carbocycles. The largest absolute Gasteiger partial charge is 0.397 e. The third-order valence-electron chi connectivity index (χ3n) is 3.55. The first-order chi connectivity index (χ1) is 10.2. The van der Waals surface area contributed by atoms with Crippen LogP contribution >= 0.6 is 11.3 Å². The number of thiophene rings is 1. The third kappa shape index (κ3) is 3.53. The second-order valence-electron chi connectivity index (χ2n) is 5.20. The van der Waals surface area contributed by atoms with Gasteiger partial charge in [-0.3, -0.25) is 4.79 Å². The van der Waals surface area contributed by atoms with Gasteiger partial charge in [0.25, 0.3) is 5.91 Å². The molecule has 0 unspecified atom stereocenters. The fourth-order valence-electron chi connectivity index (χ4n) is 2.27. The molecule has 21 heavy (non-hydrogen) atoms. The molecule has 0 atom stereocenters. The molecule has 2 rings (SSSR count). The molecule has 0 fully saturated rings. The number of pyridine rings is 1. The van der Waals surface area contributed by atoms with Crippen molar-refractivity contribution in [3.05, 3.63) is 23.2 Å². The van der Waals surface area contributed by atoms with Crippen molar-refractivity contribution in [3.8, 4) is 0 Å². The highest BCUT2D eigenvalue weighted by Gasteiger charge is 2.21. The summed E-state index contributed by atoms with van der Waals surface area (Å²) in [5, 5.41) is 0.886. The Hall–Kier alpha value is -1.62. The minimum absolute atomic E-state index is 0.0531. The van der Waals surface area contributed by atoms with Crippen LogP contribution < -0.4 is 5.73 Å². The van der Waals surface area contributed by atoms with Crippen LogP contribution in [0.2, 0.25) is 0 Å². The number of nitrogen functional groups attached to an aromatic ring is 1. The van der Waals surface area contributed by atoms with E-state index in [0.717, 1.165) is 49.0 Å². The summed E-state index contributed by atoms with van der Waals surface area (Å²) in [7, 11) is 0. The van der Waals surface area contributed by atoms with E-state index in [4.69, 9.17) is 5.73 Å². The van der Waals surface area contributed by atoms with E-state index in [0.29, 0.717) is 10.6 Å². The lowest BCUT2D eigenvalue weighted by atomic mass is 10.2. The van der Waals surface area contributed by atoms with E-state index in [1.807, 2.05) is 17.0 Å². The van der Waals surface area contributed by atoms with Gasteiger partial charge in [0, 0.05) is 24.7 Å². The summed E-state index contributed by atoms with van der Waals surface area (Å²) in [6.07, 6.45) is 5.95. The number of carbonyl (C=O) groups excluding carboxylic acids is 1. The Morgan fingerprint density at radius 2 is 1.95 bits per heavy atom. The van der Waals surface area contributed by atoms with Gasteiger partial charge in [0.1, 0.15) is 9.71 Å². The van der Waals surface area contributed by atoms with Gasteiger partial charge in [-0.2, -0.15) is 0 Å². The number of fused-ring (bicyclic) bond motifs is 1. The highest BCUT2D eigenvalue weighted by Crippen LogP contribution is 2.32. The van der Waals surface area contributed by atoms with Crippen molar-refractivity contribution < 1.29 is 4.79 Å². The van der Waals surface area contributed by atoms with Gasteiger partial charge in [0.2, 0.25) is 0 Å². The minimum Gasteiger partial charge on any atom is -0.397 e. The molecule has 114 valence electrons. The number of carbonyl (C=O) groups is 1. The van der Waals surface area contributed by atoms with Crippen LogP contribution in [0.25, 0.3) is 10.2 Å². The second-order valence-corrected chi connectivity index (χ2v) is 6.20. The highest BCUT2D eigenvalue weighted by molar-refractivity contribution is 7.21. The van der Waals surface area contributed by atoms with Gasteiger partial charge in [-0.05, 0) is 25.0 Å². The molecular weight excluding hydrogens is 282 g/mol. The van der Waals surface area contributed by atoms with Gasteiger partial charge in [0.05, 0.1) is 5.69 Å². The Morgan fingerprint density at radius 1 is 1.29 bits per heavy atom. The van der Waals surface area contributed by atoms with Crippen LogP contribution in [0.5, 0.6) is 0 Å². The lowest BCUT2D eigenvalue weighted by Gasteiger charge is -2.22. The summed E-state index contributed by atoms with van der Waals surface area (Å²) in [6.45, 7) is 5.88. The molecule has 4 nitrogen and oxygen atoms in total. The summed E-state index contributed by atoms with van der Waals surface area (Å²) >= 11 is 1.40. The lowest BCUT2D eigenvalue weighted by molar-refractivity contribution is 0.0757. The van der Waals surface area contributed by atoms with Crippen molar-refractivity contribution in [1.29, 1.82) is 0 Å². The monoisotopic (exact) mass is 305 g/mol. The number of aromatic nitrogens is 1. The van der Waals surface area contributed by atoms with Crippen molar-refractivity contribution in [2.45, 2.75) is 39.5 Å². The van der Waals surface area contributed by atoms with E-state index in [-0.39, 0.29) is 5.91 Å². The number of hydrogen-bond acceptors (Lipinski definition) is 4. The van der Waals surface area contributed by atoms with E-state index in [1.165, 1.54) is 11.3 Å². The number of hydrogen-bond donors (Lipinski definition) is 1. The predicted octanol–water partition coefficient (Wildman–Crippen LogP) is 3.92. The van der Waals surface area contributed by atoms with Crippen LogP contribution in [0.15, 0.2) is 18.3 Å². The number of anilines is 1. The lowest BCUT2D eigenvalue weighted by Crippen LogP contribution is -2.32. The molecule has 2 heterocycles. The summed E-state index contributed by atoms with van der Waals surface area (Å²) in [4.78, 5) is 20.5. The average molecular weight is 305 g/mol. The van der Waals surface area contributed by atoms with Crippen molar-refractivity contribution in [1.82, 2.24) is 9.88 Å². The SMILES string of the molecule is CCCCN(CCCC)C(=O)c1sc2ncccc2c1N. The van der Waals surface area contributed by atoms with Crippen molar-refractivity contribution in [2.75, 3.05) is 18.8 Å². The minimum atomic E-state index is 0.0531. The maximum Gasteiger partial charge on any atom is 0.266 e. The first kappa shape index (κ1) is 15.8. The van der Waals surface area contributed by atoms with E-state index < -0.39 is 0 Å². The van der Waals surface area contributed by atoms with Gasteiger partial charge in [-0.1, -0.05) is 26.7 Å². The van der Waals surface area contributed by atoms with E-state index in [1.54, 1.807) is 6.20 Å². The molecule has 2 N–H and O–H groups in total. The van der Waals surface area contributed by atoms with Crippen LogP contribution in [0.3, 0.4) is 0 Å². The molecule has 1 amide bonds. The Morgan fingerprint density at radius 3 is 2.52 bits per heavy atom. The maximum atomic E-state index is 12.8. The van der Waals surface area contributed by atoms with Gasteiger partial charge in [-0.15, -0.1) is 11.3 Å². The van der Waals surface area contributed by atoms with Crippen LogP contribution in [0.1, 0.15) is 49.2 Å². The topological polar surface area (TPSA) is 59.2 Å². The van der Waals surface area contributed by atoms with E-state index >= 15 is 0 Å². The molecule has 0 aliphatic rings. The van der Waals surface area contributed by atoms with Gasteiger partial charge < -0.3 is 10.6 Å². The molecule has 0 spiro atoms. The molecule has 0 bridgehead atoms. The fraction of sp³-hybridized carbons (Fsp3) is 0.500. The number of nitrogens with two attached hydrogens (primary N) is 1. The second kappa shape index (κ2) is 7.41. The Kier molecular flexibility index (Phi) is 5.56. The molecule has 0 saturated heterocycles. The number of rotatable bonds is 7. The van der Waals surface area contributed by atoms with Crippen molar-refractivity contribution >= 4 is 33.1 Å². The Bertz CT molecular complexity index is 601. The van der Waals surface area contributed by atoms with Crippen LogP contribution in [-0.2, 0) is 0 Å². The Labute approximate surface area is 130 Å². The van der Waals surface area contributed by atoms with Crippen molar-refractivity contribution in [3.63, 3.8) is 0 Å². The number of nitrogens with zero attached hydrogens (tertiary/aromatic N) is 2. The van der Waals surface area contributed by atoms with Gasteiger partial charge in [0.15, 0.2) is 0 Å². The zero-order valence-corrected chi connectivity index (χ0v) is 13.6. The highest BCUT2D eigenvalue weighted by atomic mass is 32.1. The van der Waals surface area contributed by atoms with E-state index in [2.05, 4.69) is 18.8 Å². The summed E-state index contributed by atoms with van der Waals surface area (Å²) in [6, 6.07) is 3.78. The predicted molar refractivity (Wildman–Crippen MR) is 89.8 cm³/mol. The van der Waals surface area contributed by atoms with E-state index in [9.17, 15) is 4.79 Å². The number of amides is 1. The van der Waals surface area contributed by atoms with Crippen molar-refractivity contribution in [2.24, 2.45) is 0 Å². The first-order valence-electron chi connectivity index (χ1n) is 7.61. The quantitative estimate of drug-likeness (QED) is 0.843. The Balaban J connectivity index is 2.26. The molecule has 0 aliphatic heterocycles. The smallest absolute Gasteiger partial charge is 0.266 e. The van der Waals surface area contributed by atoms with Gasteiger partial charge in [-0.25, -0.2) is 4.98 Å². The van der Waals surface area contributed by atoms with Gasteiger partial charge >= 0.3 is 0 Å². The molecule has 5 heteroatoms. The van der Waals surface area contributed by atoms with Crippen LogP contribution in [0.4, 0.5) is 5.69 Å². The molecule has 2 aromatic heterocycles. The normalized spacial score (nSPS) is 11.0. The molecular formula is C16H23N3OS. The summed E-state index contributed by atoms with van der Waals surface area (Å²) < 4.78 is 0. The van der Waals surface area contributed by atoms with Crippen LogP contribution in [-0.4, -0.2) is 28.9 Å². The maximum absolute atomic E-state index is 12.8. The average Bonchev–Trinajstić information content (AvgIpc) is 2.84. The number of unbranched alkanes of at least 4 members (excludes halogenated alkanes) is 2. The zero-order valence-electron chi connectivity index (χ0n) is 12.8. The molecule has 2 aromatic rings. The summed E-state index contributed by atoms with van der Waals surface area (Å²) in [5.41, 5.74) is 6.73. The molecule has 0 radical (unpaired) electrons. The summed E-state index contributed by atoms with van der Waals surface area (Å²) in [5.74, 6) is 0.0531.